The summed E-state index contributed by atoms with van der Waals surface area (Å²) in [7, 11) is 0. The van der Waals surface area contributed by atoms with Gasteiger partial charge in [-0.2, -0.15) is 13.2 Å². The second-order valence-electron chi connectivity index (χ2n) is 6.46. The number of benzene rings is 2. The summed E-state index contributed by atoms with van der Waals surface area (Å²) in [6.07, 6.45) is -4.60. The maximum Gasteiger partial charge on any atom is 0.416 e. The van der Waals surface area contributed by atoms with Gasteiger partial charge in [0.2, 0.25) is 5.91 Å². The molecule has 0 unspecified atom stereocenters. The van der Waals surface area contributed by atoms with E-state index < -0.39 is 40.6 Å². The van der Waals surface area contributed by atoms with Crippen LogP contribution in [0.15, 0.2) is 60.8 Å². The van der Waals surface area contributed by atoms with Crippen LogP contribution in [0, 0.1) is 16.0 Å². The molecule has 8 nitrogen and oxygen atoms in total. The minimum absolute atomic E-state index is 0.0497. The molecule has 3 amide bonds. The fourth-order valence-electron chi connectivity index (χ4n) is 3.16. The molecule has 1 fully saturated rings. The monoisotopic (exact) mass is 420 g/mol. The first-order valence-electron chi connectivity index (χ1n) is 8.55. The number of carbonyl (C=O) groups excluding carboxylic acids is 2. The van der Waals surface area contributed by atoms with Crippen molar-refractivity contribution in [1.82, 2.24) is 10.6 Å². The van der Waals surface area contributed by atoms with Crippen molar-refractivity contribution in [3.05, 3.63) is 82.0 Å². The number of nitro benzene ring substituents is 1. The van der Waals surface area contributed by atoms with Gasteiger partial charge >= 0.3 is 12.2 Å². The van der Waals surface area contributed by atoms with Crippen LogP contribution in [0.1, 0.15) is 17.2 Å². The molecule has 2 aromatic rings. The Morgan fingerprint density at radius 3 is 2.53 bits per heavy atom. The molecule has 1 aliphatic rings. The van der Waals surface area contributed by atoms with Crippen molar-refractivity contribution in [3.63, 3.8) is 0 Å². The average molecular weight is 420 g/mol. The minimum atomic E-state index is -4.60. The summed E-state index contributed by atoms with van der Waals surface area (Å²) in [4.78, 5) is 35.5. The molecule has 0 aromatic heterocycles. The molecule has 0 saturated carbocycles. The summed E-state index contributed by atoms with van der Waals surface area (Å²) in [5.41, 5.74) is -1.39. The van der Waals surface area contributed by atoms with Crippen LogP contribution in [0.4, 0.5) is 29.3 Å². The first kappa shape index (κ1) is 20.8. The molecular formula is C19H15F3N4O4. The van der Waals surface area contributed by atoms with Crippen molar-refractivity contribution in [2.45, 2.75) is 12.2 Å². The summed E-state index contributed by atoms with van der Waals surface area (Å²) in [5, 5.41) is 18.5. The molecule has 0 aliphatic carbocycles. The van der Waals surface area contributed by atoms with Gasteiger partial charge in [-0.1, -0.05) is 30.8 Å². The van der Waals surface area contributed by atoms with Crippen molar-refractivity contribution >= 4 is 23.3 Å². The summed E-state index contributed by atoms with van der Waals surface area (Å²) >= 11 is 0. The Bertz CT molecular complexity index is 1040. The second-order valence-corrected chi connectivity index (χ2v) is 6.46. The van der Waals surface area contributed by atoms with Gasteiger partial charge in [0.15, 0.2) is 0 Å². The molecule has 3 N–H and O–H groups in total. The number of amides is 3. The molecule has 0 spiro atoms. The summed E-state index contributed by atoms with van der Waals surface area (Å²) in [6.45, 7) is 3.63. The average Bonchev–Trinajstić information content (AvgIpc) is 2.66. The van der Waals surface area contributed by atoms with Gasteiger partial charge in [0, 0.05) is 17.5 Å². The predicted octanol–water partition coefficient (Wildman–Crippen LogP) is 3.74. The lowest BCUT2D eigenvalue weighted by Gasteiger charge is -2.33. The number of para-hydroxylation sites is 1. The lowest BCUT2D eigenvalue weighted by molar-refractivity contribution is -0.385. The molecular weight excluding hydrogens is 405 g/mol. The number of nitrogens with one attached hydrogen (secondary N) is 3. The summed E-state index contributed by atoms with van der Waals surface area (Å²) in [6, 6.07) is 7.67. The van der Waals surface area contributed by atoms with Crippen LogP contribution >= 0.6 is 0 Å². The zero-order valence-corrected chi connectivity index (χ0v) is 15.2. The molecule has 0 bridgehead atoms. The largest absolute Gasteiger partial charge is 0.416 e. The Morgan fingerprint density at radius 1 is 1.17 bits per heavy atom. The molecule has 1 saturated heterocycles. The molecule has 3 rings (SSSR count). The normalized spacial score (nSPS) is 18.9. The summed E-state index contributed by atoms with van der Waals surface area (Å²) in [5.74, 6) is -2.02. The SMILES string of the molecule is C=C1NC(=O)N[C@H](c2ccccc2[N+](=O)[O-])[C@@H]1C(=O)Nc1cccc(C(F)(F)F)c1. The highest BCUT2D eigenvalue weighted by Gasteiger charge is 2.40. The quantitative estimate of drug-likeness (QED) is 0.517. The van der Waals surface area contributed by atoms with E-state index in [-0.39, 0.29) is 22.6 Å². The highest BCUT2D eigenvalue weighted by Crippen LogP contribution is 2.36. The Balaban J connectivity index is 1.96. The molecule has 156 valence electrons. The maximum atomic E-state index is 12.9. The van der Waals surface area contributed by atoms with Crippen LogP contribution < -0.4 is 16.0 Å². The second kappa shape index (κ2) is 7.85. The lowest BCUT2D eigenvalue weighted by Crippen LogP contribution is -2.52. The van der Waals surface area contributed by atoms with Crippen LogP contribution in [0.3, 0.4) is 0 Å². The highest BCUT2D eigenvalue weighted by molar-refractivity contribution is 5.97. The topological polar surface area (TPSA) is 113 Å². The third-order valence-corrected chi connectivity index (χ3v) is 4.48. The lowest BCUT2D eigenvalue weighted by atomic mass is 9.87. The number of hydrogen-bond acceptors (Lipinski definition) is 4. The fraction of sp³-hybridized carbons (Fsp3) is 0.158. The van der Waals surface area contributed by atoms with E-state index in [1.54, 1.807) is 0 Å². The maximum absolute atomic E-state index is 12.9. The number of rotatable bonds is 4. The smallest absolute Gasteiger partial charge is 0.330 e. The first-order chi connectivity index (χ1) is 14.1. The van der Waals surface area contributed by atoms with Gasteiger partial charge in [0.1, 0.15) is 5.92 Å². The Morgan fingerprint density at radius 2 is 1.87 bits per heavy atom. The highest BCUT2D eigenvalue weighted by atomic mass is 19.4. The van der Waals surface area contributed by atoms with Crippen LogP contribution in [-0.4, -0.2) is 16.9 Å². The van der Waals surface area contributed by atoms with Gasteiger partial charge in [-0.3, -0.25) is 14.9 Å². The van der Waals surface area contributed by atoms with Crippen molar-refractivity contribution in [2.24, 2.45) is 5.92 Å². The number of nitro groups is 1. The third kappa shape index (κ3) is 4.24. The van der Waals surface area contributed by atoms with E-state index in [0.29, 0.717) is 0 Å². The van der Waals surface area contributed by atoms with Crippen molar-refractivity contribution in [3.8, 4) is 0 Å². The van der Waals surface area contributed by atoms with E-state index in [1.807, 2.05) is 0 Å². The molecule has 2 atom stereocenters. The van der Waals surface area contributed by atoms with Gasteiger partial charge in [-0.05, 0) is 18.2 Å². The van der Waals surface area contributed by atoms with E-state index in [0.717, 1.165) is 18.2 Å². The Labute approximate surface area is 167 Å². The first-order valence-corrected chi connectivity index (χ1v) is 8.55. The summed E-state index contributed by atoms with van der Waals surface area (Å²) < 4.78 is 38.8. The van der Waals surface area contributed by atoms with Crippen LogP contribution in [-0.2, 0) is 11.0 Å². The number of hydrogen-bond donors (Lipinski definition) is 3. The molecule has 2 aromatic carbocycles. The van der Waals surface area contributed by atoms with Gasteiger partial charge in [-0.25, -0.2) is 4.79 Å². The number of carbonyl (C=O) groups is 2. The number of alkyl halides is 3. The standard InChI is InChI=1S/C19H15F3N4O4/c1-10-15(17(27)24-12-6-4-5-11(9-12)19(20,21)22)16(25-18(28)23-10)13-7-2-3-8-14(13)26(29)30/h2-9,15-16H,1H2,(H,24,27)(H2,23,25,28)/t15-,16-/m1/s1. The van der Waals surface area contributed by atoms with E-state index in [2.05, 4.69) is 22.5 Å². The van der Waals surface area contributed by atoms with Gasteiger partial charge in [0.25, 0.3) is 5.69 Å². The molecule has 11 heteroatoms. The molecule has 1 heterocycles. The van der Waals surface area contributed by atoms with Crippen LogP contribution in [0.5, 0.6) is 0 Å². The van der Waals surface area contributed by atoms with Crippen molar-refractivity contribution < 1.29 is 27.7 Å². The van der Waals surface area contributed by atoms with Crippen molar-refractivity contribution in [1.29, 1.82) is 0 Å². The third-order valence-electron chi connectivity index (χ3n) is 4.48. The van der Waals surface area contributed by atoms with E-state index in [1.165, 1.54) is 30.3 Å². The van der Waals surface area contributed by atoms with Crippen LogP contribution in [0.2, 0.25) is 0 Å². The van der Waals surface area contributed by atoms with Gasteiger partial charge < -0.3 is 16.0 Å². The number of anilines is 1. The fourth-order valence-corrected chi connectivity index (χ4v) is 3.16. The van der Waals surface area contributed by atoms with E-state index in [4.69, 9.17) is 0 Å². The zero-order valence-electron chi connectivity index (χ0n) is 15.2. The minimum Gasteiger partial charge on any atom is -0.330 e. The molecule has 1 aliphatic heterocycles. The van der Waals surface area contributed by atoms with E-state index >= 15 is 0 Å². The van der Waals surface area contributed by atoms with Crippen molar-refractivity contribution in [2.75, 3.05) is 5.32 Å². The van der Waals surface area contributed by atoms with Crippen LogP contribution in [0.25, 0.3) is 0 Å². The van der Waals surface area contributed by atoms with E-state index in [9.17, 15) is 32.9 Å². The number of nitrogens with zero attached hydrogens (tertiary/aromatic N) is 1. The van der Waals surface area contributed by atoms with Gasteiger partial charge in [-0.15, -0.1) is 0 Å². The Hall–Kier alpha value is -3.89. The molecule has 30 heavy (non-hydrogen) atoms. The predicted molar refractivity (Wildman–Crippen MR) is 100 cm³/mol. The number of halogens is 3. The molecule has 0 radical (unpaired) electrons. The zero-order chi connectivity index (χ0) is 22.1. The number of urea groups is 1. The Kier molecular flexibility index (Phi) is 5.45. The van der Waals surface area contributed by atoms with Gasteiger partial charge in [0.05, 0.1) is 22.1 Å².